The van der Waals surface area contributed by atoms with Crippen LogP contribution in [0.2, 0.25) is 0 Å². The first kappa shape index (κ1) is 18.5. The van der Waals surface area contributed by atoms with Crippen LogP contribution < -0.4 is 10.2 Å². The molecule has 3 atom stereocenters. The third-order valence-electron chi connectivity index (χ3n) is 6.84. The maximum atomic E-state index is 13.8. The van der Waals surface area contributed by atoms with E-state index in [0.717, 1.165) is 31.4 Å². The van der Waals surface area contributed by atoms with Crippen LogP contribution in [0.4, 0.5) is 11.4 Å². The molecule has 1 saturated carbocycles. The fourth-order valence-corrected chi connectivity index (χ4v) is 5.53. The zero-order chi connectivity index (χ0) is 20.5. The van der Waals surface area contributed by atoms with Crippen molar-refractivity contribution in [3.8, 4) is 0 Å². The predicted octanol–water partition coefficient (Wildman–Crippen LogP) is 2.15. The Hall–Kier alpha value is -2.55. The van der Waals surface area contributed by atoms with Crippen molar-refractivity contribution in [2.24, 2.45) is 11.3 Å². The molecule has 8 nitrogen and oxygen atoms in total. The first-order valence-corrected chi connectivity index (χ1v) is 10.5. The van der Waals surface area contributed by atoms with Gasteiger partial charge in [-0.3, -0.25) is 24.6 Å². The molecular formula is C20H22N4O4S. The third kappa shape index (κ3) is 2.59. The highest BCUT2D eigenvalue weighted by atomic mass is 32.1. The largest absolute Gasteiger partial charge is 0.367 e. The Balaban J connectivity index is 1.67. The lowest BCUT2D eigenvalue weighted by atomic mass is 9.65. The van der Waals surface area contributed by atoms with Gasteiger partial charge >= 0.3 is 0 Å². The number of nitro groups is 1. The Morgan fingerprint density at radius 1 is 1.28 bits per heavy atom. The molecule has 0 unspecified atom stereocenters. The Bertz CT molecular complexity index is 962. The van der Waals surface area contributed by atoms with Gasteiger partial charge in [-0.25, -0.2) is 0 Å². The molecule has 4 aliphatic rings. The highest BCUT2D eigenvalue weighted by Gasteiger charge is 2.63. The van der Waals surface area contributed by atoms with Crippen LogP contribution in [0.1, 0.15) is 38.2 Å². The molecule has 1 aromatic carbocycles. The topological polar surface area (TPSA) is 95.8 Å². The standard InChI is InChI=1S/C20H22N4O4S/c1-11-6-7-22-15-5-4-14(24(27)28)9-12(15)10-20(16(22)8-11)17(25)21-19(29)23(18(20)26)13-2-3-13/h4-5,9,11,13,16H,2-3,6-8,10H2,1H3,(H,21,25,29)/t11-,16-,20-/m1/s1. The number of nitro benzene ring substituents is 1. The van der Waals surface area contributed by atoms with E-state index in [9.17, 15) is 19.7 Å². The van der Waals surface area contributed by atoms with E-state index in [1.54, 1.807) is 11.0 Å². The number of piperidine rings is 1. The molecule has 0 radical (unpaired) electrons. The molecule has 1 spiro atoms. The van der Waals surface area contributed by atoms with Crippen molar-refractivity contribution >= 4 is 40.5 Å². The first-order valence-electron chi connectivity index (χ1n) is 10.1. The lowest BCUT2D eigenvalue weighted by Crippen LogP contribution is -2.73. The highest BCUT2D eigenvalue weighted by Crippen LogP contribution is 2.50. The third-order valence-corrected chi connectivity index (χ3v) is 7.14. The van der Waals surface area contributed by atoms with Gasteiger partial charge < -0.3 is 10.2 Å². The molecule has 1 aliphatic carbocycles. The van der Waals surface area contributed by atoms with E-state index in [0.29, 0.717) is 18.0 Å². The molecule has 2 saturated heterocycles. The Labute approximate surface area is 173 Å². The van der Waals surface area contributed by atoms with Gasteiger partial charge in [-0.2, -0.15) is 0 Å². The van der Waals surface area contributed by atoms with Crippen molar-refractivity contribution < 1.29 is 14.5 Å². The number of hydrogen-bond acceptors (Lipinski definition) is 6. The molecular weight excluding hydrogens is 392 g/mol. The molecule has 29 heavy (non-hydrogen) atoms. The minimum atomic E-state index is -1.30. The first-order chi connectivity index (χ1) is 13.8. The summed E-state index contributed by atoms with van der Waals surface area (Å²) in [7, 11) is 0. The second kappa shape index (κ2) is 6.22. The molecule has 2 amide bonds. The number of thiocarbonyl (C=S) groups is 1. The van der Waals surface area contributed by atoms with Crippen LogP contribution in [-0.4, -0.2) is 45.4 Å². The van der Waals surface area contributed by atoms with E-state index in [1.807, 2.05) is 0 Å². The monoisotopic (exact) mass is 414 g/mol. The van der Waals surface area contributed by atoms with Crippen LogP contribution in [0.15, 0.2) is 18.2 Å². The maximum absolute atomic E-state index is 13.8. The van der Waals surface area contributed by atoms with Gasteiger partial charge in [-0.15, -0.1) is 0 Å². The molecule has 5 rings (SSSR count). The van der Waals surface area contributed by atoms with Crippen LogP contribution in [-0.2, 0) is 16.0 Å². The lowest BCUT2D eigenvalue weighted by Gasteiger charge is -2.55. The fourth-order valence-electron chi connectivity index (χ4n) is 5.21. The summed E-state index contributed by atoms with van der Waals surface area (Å²) in [6.45, 7) is 2.86. The molecule has 3 heterocycles. The Morgan fingerprint density at radius 3 is 2.72 bits per heavy atom. The minimum Gasteiger partial charge on any atom is -0.367 e. The number of amides is 2. The molecule has 0 aromatic heterocycles. The van der Waals surface area contributed by atoms with Gasteiger partial charge in [-0.05, 0) is 55.4 Å². The molecule has 1 N–H and O–H groups in total. The van der Waals surface area contributed by atoms with Crippen LogP contribution in [0.5, 0.6) is 0 Å². The summed E-state index contributed by atoms with van der Waals surface area (Å²) in [5, 5.41) is 14.3. The second-order valence-electron chi connectivity index (χ2n) is 8.72. The van der Waals surface area contributed by atoms with Gasteiger partial charge in [0, 0.05) is 36.8 Å². The number of nitrogens with zero attached hydrogens (tertiary/aromatic N) is 3. The molecule has 3 aliphatic heterocycles. The smallest absolute Gasteiger partial charge is 0.269 e. The van der Waals surface area contributed by atoms with Crippen molar-refractivity contribution in [3.05, 3.63) is 33.9 Å². The number of nitrogens with one attached hydrogen (secondary N) is 1. The Morgan fingerprint density at radius 2 is 2.03 bits per heavy atom. The maximum Gasteiger partial charge on any atom is 0.269 e. The second-order valence-corrected chi connectivity index (χ2v) is 9.11. The number of hydrogen-bond donors (Lipinski definition) is 1. The van der Waals surface area contributed by atoms with Crippen LogP contribution in [0, 0.1) is 21.4 Å². The van der Waals surface area contributed by atoms with Crippen LogP contribution in [0.25, 0.3) is 0 Å². The average molecular weight is 414 g/mol. The van der Waals surface area contributed by atoms with E-state index in [4.69, 9.17) is 12.2 Å². The van der Waals surface area contributed by atoms with E-state index >= 15 is 0 Å². The summed E-state index contributed by atoms with van der Waals surface area (Å²) < 4.78 is 0. The number of carbonyl (C=O) groups excluding carboxylic acids is 2. The molecule has 152 valence electrons. The van der Waals surface area contributed by atoms with E-state index in [1.165, 1.54) is 12.1 Å². The van der Waals surface area contributed by atoms with Gasteiger partial charge in [0.2, 0.25) is 11.8 Å². The summed E-state index contributed by atoms with van der Waals surface area (Å²) in [4.78, 5) is 41.8. The number of rotatable bonds is 2. The Kier molecular flexibility index (Phi) is 3.96. The predicted molar refractivity (Wildman–Crippen MR) is 109 cm³/mol. The number of carbonyl (C=O) groups is 2. The zero-order valence-corrected chi connectivity index (χ0v) is 16.9. The SMILES string of the molecule is C[C@@H]1CCN2c3ccc([N+](=O)[O-])cc3C[C@]3(C(=O)NC(=S)N(C4CC4)C3=O)[C@H]2C1. The molecule has 0 bridgehead atoms. The summed E-state index contributed by atoms with van der Waals surface area (Å²) in [6.07, 6.45) is 3.59. The van der Waals surface area contributed by atoms with Crippen molar-refractivity contribution in [1.82, 2.24) is 10.2 Å². The van der Waals surface area contributed by atoms with E-state index < -0.39 is 10.3 Å². The van der Waals surface area contributed by atoms with Crippen molar-refractivity contribution in [2.75, 3.05) is 11.4 Å². The normalized spacial score (nSPS) is 31.4. The van der Waals surface area contributed by atoms with E-state index in [2.05, 4.69) is 17.1 Å². The minimum absolute atomic E-state index is 0.0269. The zero-order valence-electron chi connectivity index (χ0n) is 16.1. The number of fused-ring (bicyclic) bond motifs is 4. The molecule has 1 aromatic rings. The quantitative estimate of drug-likeness (QED) is 0.345. The average Bonchev–Trinajstić information content (AvgIpc) is 3.50. The van der Waals surface area contributed by atoms with Crippen LogP contribution >= 0.6 is 12.2 Å². The fraction of sp³-hybridized carbons (Fsp3) is 0.550. The van der Waals surface area contributed by atoms with Crippen molar-refractivity contribution in [2.45, 2.75) is 51.1 Å². The van der Waals surface area contributed by atoms with Gasteiger partial charge in [0.25, 0.3) is 5.69 Å². The summed E-state index contributed by atoms with van der Waals surface area (Å²) in [6, 6.07) is 4.55. The number of benzene rings is 1. The molecule has 9 heteroatoms. The summed E-state index contributed by atoms with van der Waals surface area (Å²) in [5.74, 6) is -0.225. The van der Waals surface area contributed by atoms with Gasteiger partial charge in [0.15, 0.2) is 10.5 Å². The summed E-state index contributed by atoms with van der Waals surface area (Å²) in [5.41, 5.74) is 0.241. The van der Waals surface area contributed by atoms with Gasteiger partial charge in [0.05, 0.1) is 11.0 Å². The van der Waals surface area contributed by atoms with Gasteiger partial charge in [0.1, 0.15) is 0 Å². The summed E-state index contributed by atoms with van der Waals surface area (Å²) >= 11 is 5.32. The van der Waals surface area contributed by atoms with Gasteiger partial charge in [-0.1, -0.05) is 6.92 Å². The highest BCUT2D eigenvalue weighted by molar-refractivity contribution is 7.80. The van der Waals surface area contributed by atoms with Crippen molar-refractivity contribution in [3.63, 3.8) is 0 Å². The lowest BCUT2D eigenvalue weighted by molar-refractivity contribution is -0.384. The molecule has 3 fully saturated rings. The van der Waals surface area contributed by atoms with Crippen LogP contribution in [0.3, 0.4) is 0 Å². The van der Waals surface area contributed by atoms with Crippen molar-refractivity contribution in [1.29, 1.82) is 0 Å². The number of anilines is 1. The van der Waals surface area contributed by atoms with E-state index in [-0.39, 0.29) is 41.1 Å². The number of non-ortho nitro benzene ring substituents is 1.